The second-order valence-electron chi connectivity index (χ2n) is 9.52. The van der Waals surface area contributed by atoms with Crippen LogP contribution in [0.3, 0.4) is 0 Å². The first-order valence-electron chi connectivity index (χ1n) is 11.2. The van der Waals surface area contributed by atoms with Crippen molar-refractivity contribution in [2.75, 3.05) is 5.73 Å². The lowest BCUT2D eigenvalue weighted by Gasteiger charge is -2.43. The fourth-order valence-corrected chi connectivity index (χ4v) is 4.86. The molecule has 0 aliphatic heterocycles. The number of carbonyl (C=O) groups excluding carboxylic acids is 1. The Labute approximate surface area is 215 Å². The van der Waals surface area contributed by atoms with E-state index in [4.69, 9.17) is 22.1 Å². The van der Waals surface area contributed by atoms with Crippen LogP contribution in [0.2, 0.25) is 5.02 Å². The molecule has 0 spiro atoms. The van der Waals surface area contributed by atoms with Crippen molar-refractivity contribution in [1.29, 1.82) is 0 Å². The minimum atomic E-state index is -0.855. The zero-order valence-electron chi connectivity index (χ0n) is 20.3. The van der Waals surface area contributed by atoms with E-state index in [-0.39, 0.29) is 35.9 Å². The van der Waals surface area contributed by atoms with E-state index < -0.39 is 29.3 Å². The number of aromatic nitrogens is 3. The summed E-state index contributed by atoms with van der Waals surface area (Å²) in [5.74, 6) is -0.844. The number of aliphatic hydroxyl groups excluding tert-OH is 1. The predicted molar refractivity (Wildman–Crippen MR) is 138 cm³/mol. The zero-order valence-corrected chi connectivity index (χ0v) is 22.1. The second kappa shape index (κ2) is 9.83. The molecule has 35 heavy (non-hydrogen) atoms. The molecule has 0 saturated heterocycles. The van der Waals surface area contributed by atoms with Crippen LogP contribution in [0.15, 0.2) is 18.5 Å². The van der Waals surface area contributed by atoms with Crippen LogP contribution in [0.25, 0.3) is 5.52 Å². The number of amides is 1. The molecule has 1 amide bonds. The average molecular weight is 524 g/mol. The first kappa shape index (κ1) is 27.0. The number of anilines is 1. The number of benzene rings is 1. The molecule has 0 unspecified atom stereocenters. The maximum absolute atomic E-state index is 15.3. The summed E-state index contributed by atoms with van der Waals surface area (Å²) in [6.45, 7) is 9.12. The number of hydrogen-bond donors (Lipinski definition) is 3. The topological polar surface area (TPSA) is 115 Å². The van der Waals surface area contributed by atoms with E-state index in [2.05, 4.69) is 15.3 Å². The van der Waals surface area contributed by atoms with Crippen molar-refractivity contribution >= 4 is 42.3 Å². The molecule has 190 valence electrons. The van der Waals surface area contributed by atoms with Gasteiger partial charge in [-0.25, -0.2) is 14.4 Å². The lowest BCUT2D eigenvalue weighted by Crippen LogP contribution is -2.57. The number of aliphatic hydroxyl groups is 1. The minimum absolute atomic E-state index is 0. The van der Waals surface area contributed by atoms with Gasteiger partial charge < -0.3 is 20.9 Å². The molecule has 2 heterocycles. The number of nitrogens with zero attached hydrogens (tertiary/aromatic N) is 3. The molecule has 1 aliphatic carbocycles. The fourth-order valence-electron chi connectivity index (χ4n) is 4.65. The standard InChI is InChI=1S/C24H29ClFN5O3.H2S/c1-11(2)34-20-15(12(3)22-29-13(4)19-21(27)28-6-7-31(19)22)8-16(25)18(26)17(20)23(33)30-24(5)9-14(32)10-24;/h6-8,11-12,14,32H,9-10H2,1-5H3,(H2,27,28)(H,30,33);1H2/t12-,14?,24?;/m0./s1. The quantitative estimate of drug-likeness (QED) is 0.448. The van der Waals surface area contributed by atoms with Crippen LogP contribution < -0.4 is 15.8 Å². The Morgan fingerprint density at radius 1 is 1.40 bits per heavy atom. The molecule has 0 bridgehead atoms. The number of imidazole rings is 1. The van der Waals surface area contributed by atoms with Gasteiger partial charge in [0, 0.05) is 29.4 Å². The van der Waals surface area contributed by atoms with Gasteiger partial charge in [0.1, 0.15) is 28.5 Å². The van der Waals surface area contributed by atoms with Gasteiger partial charge >= 0.3 is 0 Å². The highest BCUT2D eigenvalue weighted by molar-refractivity contribution is 7.59. The van der Waals surface area contributed by atoms with Crippen LogP contribution in [0, 0.1) is 12.7 Å². The largest absolute Gasteiger partial charge is 0.490 e. The molecular weight excluding hydrogens is 493 g/mol. The van der Waals surface area contributed by atoms with Gasteiger partial charge in [0.2, 0.25) is 0 Å². The van der Waals surface area contributed by atoms with E-state index in [0.717, 1.165) is 0 Å². The number of nitrogens with one attached hydrogen (secondary N) is 1. The number of fused-ring (bicyclic) bond motifs is 1. The first-order chi connectivity index (χ1) is 15.9. The van der Waals surface area contributed by atoms with Crippen LogP contribution in [0.1, 0.15) is 73.9 Å². The molecule has 1 atom stereocenters. The van der Waals surface area contributed by atoms with Crippen molar-refractivity contribution in [3.63, 3.8) is 0 Å². The summed E-state index contributed by atoms with van der Waals surface area (Å²) in [4.78, 5) is 22.1. The highest BCUT2D eigenvalue weighted by Crippen LogP contribution is 2.41. The number of aryl methyl sites for hydroxylation is 1. The van der Waals surface area contributed by atoms with Crippen molar-refractivity contribution in [3.8, 4) is 5.75 Å². The lowest BCUT2D eigenvalue weighted by molar-refractivity contribution is 0.0126. The van der Waals surface area contributed by atoms with Gasteiger partial charge in [-0.15, -0.1) is 0 Å². The summed E-state index contributed by atoms with van der Waals surface area (Å²) < 4.78 is 23.2. The van der Waals surface area contributed by atoms with Gasteiger partial charge in [-0.05, 0) is 46.6 Å². The van der Waals surface area contributed by atoms with Crippen molar-refractivity contribution in [3.05, 3.63) is 51.9 Å². The molecule has 1 fully saturated rings. The Hall–Kier alpha value is -2.56. The number of ether oxygens (including phenoxy) is 1. The highest BCUT2D eigenvalue weighted by atomic mass is 35.5. The van der Waals surface area contributed by atoms with Crippen molar-refractivity contribution in [1.82, 2.24) is 19.7 Å². The smallest absolute Gasteiger partial charge is 0.258 e. The van der Waals surface area contributed by atoms with Crippen LogP contribution in [-0.2, 0) is 0 Å². The minimum Gasteiger partial charge on any atom is -0.490 e. The predicted octanol–water partition coefficient (Wildman–Crippen LogP) is 4.11. The number of carbonyl (C=O) groups is 1. The molecule has 4 N–H and O–H groups in total. The van der Waals surface area contributed by atoms with E-state index in [1.54, 1.807) is 26.2 Å². The molecule has 0 radical (unpaired) electrons. The summed E-state index contributed by atoms with van der Waals surface area (Å²) in [5.41, 5.74) is 7.06. The number of hydrogen-bond acceptors (Lipinski definition) is 6. The summed E-state index contributed by atoms with van der Waals surface area (Å²) >= 11 is 6.29. The van der Waals surface area contributed by atoms with Gasteiger partial charge in [0.15, 0.2) is 5.82 Å². The Kier molecular flexibility index (Phi) is 7.59. The maximum Gasteiger partial charge on any atom is 0.258 e. The molecule has 4 rings (SSSR count). The third-order valence-electron chi connectivity index (χ3n) is 6.21. The van der Waals surface area contributed by atoms with Crippen LogP contribution in [-0.4, -0.2) is 43.1 Å². The van der Waals surface area contributed by atoms with E-state index in [9.17, 15) is 9.90 Å². The van der Waals surface area contributed by atoms with Crippen LogP contribution in [0.4, 0.5) is 10.2 Å². The third kappa shape index (κ3) is 4.92. The molecule has 1 saturated carbocycles. The van der Waals surface area contributed by atoms with Gasteiger partial charge in [0.25, 0.3) is 5.91 Å². The molecule has 1 aliphatic rings. The normalized spacial score (nSPS) is 20.3. The molecule has 2 aromatic heterocycles. The monoisotopic (exact) mass is 523 g/mol. The molecule has 11 heteroatoms. The average Bonchev–Trinajstić information content (AvgIpc) is 3.06. The Bertz CT molecular complexity index is 1280. The maximum atomic E-state index is 15.3. The summed E-state index contributed by atoms with van der Waals surface area (Å²) in [7, 11) is 0. The fraction of sp³-hybridized carbons (Fsp3) is 0.458. The van der Waals surface area contributed by atoms with Gasteiger partial charge in [-0.2, -0.15) is 13.5 Å². The van der Waals surface area contributed by atoms with E-state index in [1.807, 2.05) is 25.2 Å². The lowest BCUT2D eigenvalue weighted by atomic mass is 9.76. The Morgan fingerprint density at radius 3 is 2.66 bits per heavy atom. The van der Waals surface area contributed by atoms with Crippen LogP contribution in [0.5, 0.6) is 5.75 Å². The third-order valence-corrected chi connectivity index (χ3v) is 6.48. The highest BCUT2D eigenvalue weighted by Gasteiger charge is 2.42. The molecule has 8 nitrogen and oxygen atoms in total. The molecule has 1 aromatic carbocycles. The van der Waals surface area contributed by atoms with E-state index >= 15 is 4.39 Å². The van der Waals surface area contributed by atoms with Crippen molar-refractivity contribution in [2.45, 2.75) is 71.1 Å². The van der Waals surface area contributed by atoms with Crippen molar-refractivity contribution in [2.24, 2.45) is 0 Å². The SMILES string of the molecule is Cc1nc([C@@H](C)c2cc(Cl)c(F)c(C(=O)NC3(C)CC(O)C3)c2OC(C)C)n2ccnc(N)c12.S. The summed E-state index contributed by atoms with van der Waals surface area (Å²) in [6.07, 6.45) is 3.28. The summed E-state index contributed by atoms with van der Waals surface area (Å²) in [5, 5.41) is 12.3. The molecule has 3 aromatic rings. The summed E-state index contributed by atoms with van der Waals surface area (Å²) in [6, 6.07) is 1.48. The van der Waals surface area contributed by atoms with Crippen LogP contribution >= 0.6 is 25.1 Å². The van der Waals surface area contributed by atoms with Crippen molar-refractivity contribution < 1.29 is 19.0 Å². The zero-order chi connectivity index (χ0) is 24.9. The second-order valence-corrected chi connectivity index (χ2v) is 9.92. The Morgan fingerprint density at radius 2 is 2.06 bits per heavy atom. The number of halogens is 2. The van der Waals surface area contributed by atoms with E-state index in [0.29, 0.717) is 41.3 Å². The van der Waals surface area contributed by atoms with Gasteiger partial charge in [-0.1, -0.05) is 18.5 Å². The molecular formula is C24H31ClFN5O3S. The number of nitrogens with two attached hydrogens (primary N) is 1. The first-order valence-corrected chi connectivity index (χ1v) is 11.6. The Balaban J connectivity index is 0.00000342. The number of rotatable bonds is 6. The van der Waals surface area contributed by atoms with Gasteiger partial charge in [-0.3, -0.25) is 9.20 Å². The number of nitrogen functional groups attached to an aromatic ring is 1. The van der Waals surface area contributed by atoms with Gasteiger partial charge in [0.05, 0.1) is 22.9 Å². The van der Waals surface area contributed by atoms with E-state index in [1.165, 1.54) is 6.07 Å².